The molecule has 0 bridgehead atoms. The second-order valence-corrected chi connectivity index (χ2v) is 4.03. The number of hydrogen-bond donors (Lipinski definition) is 1. The van der Waals surface area contributed by atoms with Crippen molar-refractivity contribution in [2.24, 2.45) is 5.92 Å². The number of nitrogens with zero attached hydrogens (tertiary/aromatic N) is 1. The van der Waals surface area contributed by atoms with Gasteiger partial charge in [-0.25, -0.2) is 0 Å². The topological polar surface area (TPSA) is 70.8 Å². The van der Waals surface area contributed by atoms with Crippen LogP contribution in [0.1, 0.15) is 24.6 Å². The van der Waals surface area contributed by atoms with E-state index in [1.807, 2.05) is 0 Å². The number of carbonyl (C=O) groups is 2. The molecule has 0 saturated carbocycles. The number of likely N-dealkylation sites (tertiary alicyclic amines) is 1. The van der Waals surface area contributed by atoms with Gasteiger partial charge < -0.3 is 14.4 Å². The lowest BCUT2D eigenvalue weighted by Crippen LogP contribution is -2.24. The Morgan fingerprint density at radius 2 is 2.44 bits per heavy atom. The summed E-state index contributed by atoms with van der Waals surface area (Å²) >= 11 is 0. The van der Waals surface area contributed by atoms with Gasteiger partial charge in [-0.3, -0.25) is 9.59 Å². The van der Waals surface area contributed by atoms with Gasteiger partial charge in [0.1, 0.15) is 5.76 Å². The molecule has 0 aromatic carbocycles. The van der Waals surface area contributed by atoms with Crippen LogP contribution in [-0.4, -0.2) is 28.9 Å². The molecular formula is C11H13NO4. The molecule has 1 aliphatic heterocycles. The van der Waals surface area contributed by atoms with Crippen molar-refractivity contribution in [2.45, 2.75) is 18.9 Å². The minimum absolute atomic E-state index is 0.0125. The van der Waals surface area contributed by atoms with Gasteiger partial charge in [0.15, 0.2) is 0 Å². The summed E-state index contributed by atoms with van der Waals surface area (Å²) in [7, 11) is 1.68. The summed E-state index contributed by atoms with van der Waals surface area (Å²) in [6, 6.07) is 3.26. The first-order valence-electron chi connectivity index (χ1n) is 5.10. The van der Waals surface area contributed by atoms with Gasteiger partial charge in [-0.1, -0.05) is 0 Å². The number of carboxylic acid groups (broad SMARTS) is 1. The van der Waals surface area contributed by atoms with Crippen LogP contribution in [0, 0.1) is 5.92 Å². The van der Waals surface area contributed by atoms with Crippen molar-refractivity contribution in [1.29, 1.82) is 0 Å². The Hall–Kier alpha value is -1.78. The summed E-state index contributed by atoms with van der Waals surface area (Å²) in [5, 5.41) is 8.80. The summed E-state index contributed by atoms with van der Waals surface area (Å²) in [4.78, 5) is 23.8. The van der Waals surface area contributed by atoms with E-state index in [-0.39, 0.29) is 30.7 Å². The summed E-state index contributed by atoms with van der Waals surface area (Å²) < 4.78 is 5.26. The number of carboxylic acids is 1. The molecule has 0 aliphatic carbocycles. The fraction of sp³-hybridized carbons (Fsp3) is 0.455. The molecule has 16 heavy (non-hydrogen) atoms. The van der Waals surface area contributed by atoms with Gasteiger partial charge in [-0.15, -0.1) is 0 Å². The van der Waals surface area contributed by atoms with Gasteiger partial charge in [0.25, 0.3) is 0 Å². The standard InChI is InChI=1S/C11H13NO4/c1-12-9(13)5-7(6-10(14)15)11(12)8-3-2-4-16-8/h2-4,7,11H,5-6H2,1H3,(H,14,15)/t7-,11+/m1/s1. The molecule has 5 nitrogen and oxygen atoms in total. The normalized spacial score (nSPS) is 25.1. The van der Waals surface area contributed by atoms with E-state index in [1.54, 1.807) is 24.1 Å². The molecule has 86 valence electrons. The molecule has 0 spiro atoms. The highest BCUT2D eigenvalue weighted by Gasteiger charge is 2.40. The third-order valence-corrected chi connectivity index (χ3v) is 2.97. The van der Waals surface area contributed by atoms with Crippen molar-refractivity contribution >= 4 is 11.9 Å². The second kappa shape index (κ2) is 4.00. The molecule has 1 aromatic heterocycles. The smallest absolute Gasteiger partial charge is 0.303 e. The van der Waals surface area contributed by atoms with Crippen LogP contribution in [0.25, 0.3) is 0 Å². The maximum Gasteiger partial charge on any atom is 0.303 e. The highest BCUT2D eigenvalue weighted by atomic mass is 16.4. The van der Waals surface area contributed by atoms with Gasteiger partial charge in [0.05, 0.1) is 18.7 Å². The Morgan fingerprint density at radius 3 is 3.00 bits per heavy atom. The first-order chi connectivity index (χ1) is 7.59. The summed E-state index contributed by atoms with van der Waals surface area (Å²) in [5.41, 5.74) is 0. The molecule has 1 amide bonds. The Bertz CT molecular complexity index is 396. The van der Waals surface area contributed by atoms with E-state index >= 15 is 0 Å². The van der Waals surface area contributed by atoms with Gasteiger partial charge in [0, 0.05) is 19.4 Å². The van der Waals surface area contributed by atoms with E-state index in [4.69, 9.17) is 9.52 Å². The highest BCUT2D eigenvalue weighted by Crippen LogP contribution is 2.38. The van der Waals surface area contributed by atoms with Crippen molar-refractivity contribution in [3.63, 3.8) is 0 Å². The molecule has 1 fully saturated rings. The SMILES string of the molecule is CN1C(=O)C[C@H](CC(=O)O)[C@H]1c1ccco1. The Morgan fingerprint density at radius 1 is 1.69 bits per heavy atom. The van der Waals surface area contributed by atoms with Crippen molar-refractivity contribution in [1.82, 2.24) is 4.90 Å². The van der Waals surface area contributed by atoms with Gasteiger partial charge in [-0.05, 0) is 12.1 Å². The molecule has 1 aliphatic rings. The predicted molar refractivity (Wildman–Crippen MR) is 54.6 cm³/mol. The van der Waals surface area contributed by atoms with Gasteiger partial charge in [-0.2, -0.15) is 0 Å². The van der Waals surface area contributed by atoms with Crippen LogP contribution in [0.2, 0.25) is 0 Å². The van der Waals surface area contributed by atoms with E-state index in [1.165, 1.54) is 6.26 Å². The zero-order valence-corrected chi connectivity index (χ0v) is 8.92. The van der Waals surface area contributed by atoms with E-state index < -0.39 is 5.97 Å². The lowest BCUT2D eigenvalue weighted by molar-refractivity contribution is -0.138. The van der Waals surface area contributed by atoms with Crippen LogP contribution in [0.4, 0.5) is 0 Å². The Labute approximate surface area is 92.7 Å². The van der Waals surface area contributed by atoms with Crippen molar-refractivity contribution < 1.29 is 19.1 Å². The average Bonchev–Trinajstić information content (AvgIpc) is 2.76. The molecular weight excluding hydrogens is 210 g/mol. The maximum absolute atomic E-state index is 11.6. The molecule has 2 heterocycles. The van der Waals surface area contributed by atoms with Crippen LogP contribution in [-0.2, 0) is 9.59 Å². The summed E-state index contributed by atoms with van der Waals surface area (Å²) in [6.45, 7) is 0. The molecule has 0 radical (unpaired) electrons. The predicted octanol–water partition coefficient (Wildman–Crippen LogP) is 1.27. The van der Waals surface area contributed by atoms with E-state index in [0.29, 0.717) is 5.76 Å². The number of aliphatic carboxylic acids is 1. The third kappa shape index (κ3) is 1.80. The van der Waals surface area contributed by atoms with Gasteiger partial charge in [0.2, 0.25) is 5.91 Å². The van der Waals surface area contributed by atoms with Crippen LogP contribution >= 0.6 is 0 Å². The average molecular weight is 223 g/mol. The van der Waals surface area contributed by atoms with E-state index in [9.17, 15) is 9.59 Å². The Kier molecular flexibility index (Phi) is 2.68. The number of carbonyl (C=O) groups excluding carboxylic acids is 1. The molecule has 1 N–H and O–H groups in total. The van der Waals surface area contributed by atoms with Crippen molar-refractivity contribution in [3.8, 4) is 0 Å². The number of amides is 1. The minimum Gasteiger partial charge on any atom is -0.481 e. The minimum atomic E-state index is -0.885. The number of furan rings is 1. The van der Waals surface area contributed by atoms with Crippen molar-refractivity contribution in [3.05, 3.63) is 24.2 Å². The quantitative estimate of drug-likeness (QED) is 0.837. The number of rotatable bonds is 3. The summed E-state index contributed by atoms with van der Waals surface area (Å²) in [5.74, 6) is -0.474. The fourth-order valence-electron chi connectivity index (χ4n) is 2.24. The maximum atomic E-state index is 11.6. The molecule has 0 unspecified atom stereocenters. The zero-order valence-electron chi connectivity index (χ0n) is 8.92. The van der Waals surface area contributed by atoms with Crippen molar-refractivity contribution in [2.75, 3.05) is 7.05 Å². The van der Waals surface area contributed by atoms with Crippen LogP contribution in [0.15, 0.2) is 22.8 Å². The lowest BCUT2D eigenvalue weighted by atomic mass is 9.95. The largest absolute Gasteiger partial charge is 0.481 e. The molecule has 1 saturated heterocycles. The molecule has 5 heteroatoms. The number of hydrogen-bond acceptors (Lipinski definition) is 3. The monoisotopic (exact) mass is 223 g/mol. The van der Waals surface area contributed by atoms with E-state index in [0.717, 1.165) is 0 Å². The zero-order chi connectivity index (χ0) is 11.7. The van der Waals surface area contributed by atoms with Crippen LogP contribution in [0.5, 0.6) is 0 Å². The molecule has 2 atom stereocenters. The fourth-order valence-corrected chi connectivity index (χ4v) is 2.24. The highest BCUT2D eigenvalue weighted by molar-refractivity contribution is 5.80. The van der Waals surface area contributed by atoms with Crippen LogP contribution < -0.4 is 0 Å². The van der Waals surface area contributed by atoms with Gasteiger partial charge >= 0.3 is 5.97 Å². The van der Waals surface area contributed by atoms with E-state index in [2.05, 4.69) is 0 Å². The lowest BCUT2D eigenvalue weighted by Gasteiger charge is -2.21. The van der Waals surface area contributed by atoms with Crippen LogP contribution in [0.3, 0.4) is 0 Å². The third-order valence-electron chi connectivity index (χ3n) is 2.97. The first kappa shape index (κ1) is 10.7. The molecule has 1 aromatic rings. The Balaban J connectivity index is 2.24. The molecule has 2 rings (SSSR count). The second-order valence-electron chi connectivity index (χ2n) is 4.03. The first-order valence-corrected chi connectivity index (χ1v) is 5.10. The summed E-state index contributed by atoms with van der Waals surface area (Å²) in [6.07, 6.45) is 1.79.